The molecule has 4 rings (SSSR count). The topological polar surface area (TPSA) is 53.4 Å². The van der Waals surface area contributed by atoms with Gasteiger partial charge in [-0.05, 0) is 31.5 Å². The summed E-state index contributed by atoms with van der Waals surface area (Å²) in [6.07, 6.45) is 1.80. The van der Waals surface area contributed by atoms with Gasteiger partial charge in [-0.1, -0.05) is 72.8 Å². The van der Waals surface area contributed by atoms with E-state index in [0.29, 0.717) is 11.6 Å². The molecule has 0 spiro atoms. The van der Waals surface area contributed by atoms with E-state index in [0.717, 1.165) is 35.5 Å². The minimum Gasteiger partial charge on any atom is -0.372 e. The fourth-order valence-corrected chi connectivity index (χ4v) is 3.51. The van der Waals surface area contributed by atoms with Gasteiger partial charge in [0.25, 0.3) is 0 Å². The highest BCUT2D eigenvalue weighted by atomic mass is 15.3. The fraction of sp³-hybridized carbons (Fsp3) is 0.148. The molecule has 0 saturated carbocycles. The highest BCUT2D eigenvalue weighted by Gasteiger charge is 2.08. The molecule has 0 bridgehead atoms. The first-order valence-corrected chi connectivity index (χ1v) is 10.9. The number of hydrogen-bond acceptors (Lipinski definition) is 5. The first-order valence-electron chi connectivity index (χ1n) is 10.9. The molecule has 0 atom stereocenters. The summed E-state index contributed by atoms with van der Waals surface area (Å²) >= 11 is 0. The number of anilines is 2. The second kappa shape index (κ2) is 10.4. The summed E-state index contributed by atoms with van der Waals surface area (Å²) in [6.45, 7) is 6.31. The van der Waals surface area contributed by atoms with Gasteiger partial charge in [-0.15, -0.1) is 0 Å². The van der Waals surface area contributed by atoms with Crippen LogP contribution in [0, 0.1) is 0 Å². The van der Waals surface area contributed by atoms with Gasteiger partial charge in [0.15, 0.2) is 11.6 Å². The number of aromatic nitrogens is 2. The van der Waals surface area contributed by atoms with E-state index in [1.807, 2.05) is 66.7 Å². The third-order valence-electron chi connectivity index (χ3n) is 5.24. The standard InChI is InChI=1S/C27H27N5/c1-3-32(4-2)24-17-15-21(16-18-24)20-28-31-26-19-25(22-11-7-5-8-12-22)29-27(30-26)23-13-9-6-10-14-23/h5-20H,3-4H2,1-2H3,(H,29,30,31). The van der Waals surface area contributed by atoms with Crippen molar-refractivity contribution in [3.05, 3.63) is 96.6 Å². The van der Waals surface area contributed by atoms with Gasteiger partial charge >= 0.3 is 0 Å². The lowest BCUT2D eigenvalue weighted by molar-refractivity contribution is 0.866. The van der Waals surface area contributed by atoms with E-state index in [1.165, 1.54) is 5.69 Å². The highest BCUT2D eigenvalue weighted by molar-refractivity contribution is 5.81. The molecule has 5 heteroatoms. The van der Waals surface area contributed by atoms with Crippen LogP contribution in [0.1, 0.15) is 19.4 Å². The molecule has 3 aromatic carbocycles. The molecule has 0 unspecified atom stereocenters. The lowest BCUT2D eigenvalue weighted by Crippen LogP contribution is -2.21. The van der Waals surface area contributed by atoms with E-state index < -0.39 is 0 Å². The van der Waals surface area contributed by atoms with E-state index in [1.54, 1.807) is 6.21 Å². The molecule has 0 aliphatic carbocycles. The molecular formula is C27H27N5. The summed E-state index contributed by atoms with van der Waals surface area (Å²) in [5, 5.41) is 4.42. The Labute approximate surface area is 189 Å². The zero-order valence-electron chi connectivity index (χ0n) is 18.4. The second-order valence-electron chi connectivity index (χ2n) is 7.33. The summed E-state index contributed by atoms with van der Waals surface area (Å²) in [4.78, 5) is 11.8. The number of benzene rings is 3. The normalized spacial score (nSPS) is 10.9. The number of nitrogens with one attached hydrogen (secondary N) is 1. The zero-order chi connectivity index (χ0) is 22.2. The molecule has 32 heavy (non-hydrogen) atoms. The molecule has 160 valence electrons. The molecule has 0 aliphatic heterocycles. The Morgan fingerprint density at radius 1 is 0.781 bits per heavy atom. The van der Waals surface area contributed by atoms with Crippen LogP contribution >= 0.6 is 0 Å². The Bertz CT molecular complexity index is 1090. The maximum absolute atomic E-state index is 4.77. The first-order chi connectivity index (χ1) is 15.8. The van der Waals surface area contributed by atoms with Crippen LogP contribution in [-0.4, -0.2) is 29.3 Å². The lowest BCUT2D eigenvalue weighted by atomic mass is 10.1. The minimum absolute atomic E-state index is 0.647. The van der Waals surface area contributed by atoms with Crippen molar-refractivity contribution >= 4 is 17.7 Å². The zero-order valence-corrected chi connectivity index (χ0v) is 18.4. The summed E-state index contributed by atoms with van der Waals surface area (Å²) < 4.78 is 0. The van der Waals surface area contributed by atoms with Crippen molar-refractivity contribution in [2.45, 2.75) is 13.8 Å². The van der Waals surface area contributed by atoms with E-state index in [9.17, 15) is 0 Å². The van der Waals surface area contributed by atoms with Gasteiger partial charge < -0.3 is 4.90 Å². The van der Waals surface area contributed by atoms with Gasteiger partial charge in [-0.3, -0.25) is 5.43 Å². The first kappa shape index (κ1) is 21.2. The minimum atomic E-state index is 0.647. The van der Waals surface area contributed by atoms with Crippen LogP contribution in [0.15, 0.2) is 96.1 Å². The molecule has 1 N–H and O–H groups in total. The van der Waals surface area contributed by atoms with Crippen molar-refractivity contribution in [3.63, 3.8) is 0 Å². The van der Waals surface area contributed by atoms with Crippen molar-refractivity contribution in [1.29, 1.82) is 0 Å². The van der Waals surface area contributed by atoms with Gasteiger partial charge in [0.05, 0.1) is 11.9 Å². The molecule has 4 aromatic rings. The van der Waals surface area contributed by atoms with Crippen molar-refractivity contribution in [1.82, 2.24) is 9.97 Å². The summed E-state index contributed by atoms with van der Waals surface area (Å²) in [7, 11) is 0. The number of hydrogen-bond donors (Lipinski definition) is 1. The number of nitrogens with zero attached hydrogens (tertiary/aromatic N) is 4. The molecular weight excluding hydrogens is 394 g/mol. The number of hydrazone groups is 1. The monoisotopic (exact) mass is 421 g/mol. The van der Waals surface area contributed by atoms with Crippen LogP contribution in [0.2, 0.25) is 0 Å². The smallest absolute Gasteiger partial charge is 0.162 e. The van der Waals surface area contributed by atoms with Gasteiger partial charge in [0.1, 0.15) is 0 Å². The maximum Gasteiger partial charge on any atom is 0.162 e. The van der Waals surface area contributed by atoms with Crippen molar-refractivity contribution < 1.29 is 0 Å². The molecule has 0 aliphatic rings. The molecule has 1 aromatic heterocycles. The molecule has 0 amide bonds. The van der Waals surface area contributed by atoms with Crippen LogP contribution in [0.4, 0.5) is 11.5 Å². The van der Waals surface area contributed by atoms with E-state index in [-0.39, 0.29) is 0 Å². The van der Waals surface area contributed by atoms with Gasteiger partial charge in [0.2, 0.25) is 0 Å². The molecule has 0 radical (unpaired) electrons. The average molecular weight is 422 g/mol. The summed E-state index contributed by atoms with van der Waals surface area (Å²) in [6, 6.07) is 30.4. The predicted molar refractivity (Wildman–Crippen MR) is 134 cm³/mol. The van der Waals surface area contributed by atoms with Gasteiger partial charge in [-0.2, -0.15) is 5.10 Å². The third-order valence-corrected chi connectivity index (χ3v) is 5.24. The highest BCUT2D eigenvalue weighted by Crippen LogP contribution is 2.24. The fourth-order valence-electron chi connectivity index (χ4n) is 3.51. The third kappa shape index (κ3) is 5.19. The van der Waals surface area contributed by atoms with Crippen LogP contribution in [0.5, 0.6) is 0 Å². The quantitative estimate of drug-likeness (QED) is 0.276. The molecule has 5 nitrogen and oxygen atoms in total. The van der Waals surface area contributed by atoms with Gasteiger partial charge in [-0.25, -0.2) is 9.97 Å². The van der Waals surface area contributed by atoms with Crippen molar-refractivity contribution in [2.75, 3.05) is 23.4 Å². The second-order valence-corrected chi connectivity index (χ2v) is 7.33. The Balaban J connectivity index is 1.57. The Morgan fingerprint density at radius 2 is 1.41 bits per heavy atom. The Kier molecular flexibility index (Phi) is 6.88. The maximum atomic E-state index is 4.77. The van der Waals surface area contributed by atoms with Crippen LogP contribution in [0.3, 0.4) is 0 Å². The van der Waals surface area contributed by atoms with E-state index >= 15 is 0 Å². The molecule has 0 saturated heterocycles. The lowest BCUT2D eigenvalue weighted by Gasteiger charge is -2.20. The van der Waals surface area contributed by atoms with Crippen molar-refractivity contribution in [3.8, 4) is 22.6 Å². The largest absolute Gasteiger partial charge is 0.372 e. The Hall–Kier alpha value is -3.99. The summed E-state index contributed by atoms with van der Waals surface area (Å²) in [5.41, 5.74) is 8.17. The van der Waals surface area contributed by atoms with E-state index in [4.69, 9.17) is 4.98 Å². The Morgan fingerprint density at radius 3 is 2.03 bits per heavy atom. The summed E-state index contributed by atoms with van der Waals surface area (Å²) in [5.74, 6) is 1.31. The van der Waals surface area contributed by atoms with Crippen LogP contribution in [0.25, 0.3) is 22.6 Å². The molecule has 0 fully saturated rings. The number of rotatable bonds is 8. The van der Waals surface area contributed by atoms with Crippen LogP contribution in [-0.2, 0) is 0 Å². The van der Waals surface area contributed by atoms with E-state index in [2.05, 4.69) is 58.5 Å². The predicted octanol–water partition coefficient (Wildman–Crippen LogP) is 6.10. The molecule has 1 heterocycles. The van der Waals surface area contributed by atoms with Gasteiger partial charge in [0, 0.05) is 36.0 Å². The van der Waals surface area contributed by atoms with Crippen LogP contribution < -0.4 is 10.3 Å². The SMILES string of the molecule is CCN(CC)c1ccc(C=NNc2cc(-c3ccccc3)nc(-c3ccccc3)n2)cc1. The average Bonchev–Trinajstić information content (AvgIpc) is 2.86. The van der Waals surface area contributed by atoms with Crippen molar-refractivity contribution in [2.24, 2.45) is 5.10 Å².